The number of carbonyl (C=O) groups excluding carboxylic acids is 1. The minimum absolute atomic E-state index is 0.0962. The zero-order chi connectivity index (χ0) is 11.6. The van der Waals surface area contributed by atoms with E-state index in [1.54, 1.807) is 0 Å². The minimum Gasteiger partial charge on any atom is -0.393 e. The molecule has 0 aromatic heterocycles. The zero-order valence-corrected chi connectivity index (χ0v) is 9.41. The number of hydrogen-bond acceptors (Lipinski definition) is 3. The molecule has 4 heteroatoms. The molecule has 0 saturated heterocycles. The van der Waals surface area contributed by atoms with Crippen LogP contribution < -0.4 is 5.32 Å². The lowest BCUT2D eigenvalue weighted by Gasteiger charge is -2.25. The Hall–Kier alpha value is -1.08. The maximum atomic E-state index is 11.7. The van der Waals surface area contributed by atoms with E-state index >= 15 is 0 Å². The van der Waals surface area contributed by atoms with Crippen molar-refractivity contribution < 1.29 is 9.90 Å². The first-order chi connectivity index (χ1) is 7.66. The first-order valence-corrected chi connectivity index (χ1v) is 6.04. The van der Waals surface area contributed by atoms with Crippen LogP contribution in [0, 0.1) is 22.7 Å². The molecule has 2 fully saturated rings. The molecule has 0 atom stereocenters. The Balaban J connectivity index is 1.72. The van der Waals surface area contributed by atoms with Gasteiger partial charge in [0.25, 0.3) is 0 Å². The standard InChI is InChI=1S/C12H18N2O2/c13-8-12(5-6-12)11(16)14-7-9-1-3-10(15)4-2-9/h9-10,15H,1-7H2,(H,14,16). The molecule has 2 aliphatic rings. The first kappa shape index (κ1) is 11.4. The van der Waals surface area contributed by atoms with Gasteiger partial charge in [-0.2, -0.15) is 5.26 Å². The molecule has 4 nitrogen and oxygen atoms in total. The van der Waals surface area contributed by atoms with Gasteiger partial charge < -0.3 is 10.4 Å². The summed E-state index contributed by atoms with van der Waals surface area (Å²) in [4.78, 5) is 11.7. The second kappa shape index (κ2) is 4.42. The van der Waals surface area contributed by atoms with E-state index in [-0.39, 0.29) is 12.0 Å². The van der Waals surface area contributed by atoms with Gasteiger partial charge in [-0.3, -0.25) is 4.79 Å². The Bertz CT molecular complexity index is 309. The maximum absolute atomic E-state index is 11.7. The molecular formula is C12H18N2O2. The van der Waals surface area contributed by atoms with Crippen LogP contribution in [0.4, 0.5) is 0 Å². The minimum atomic E-state index is -0.700. The number of nitrogens with zero attached hydrogens (tertiary/aromatic N) is 1. The highest BCUT2D eigenvalue weighted by Gasteiger charge is 2.50. The van der Waals surface area contributed by atoms with Gasteiger partial charge in [-0.05, 0) is 44.4 Å². The third-order valence-electron chi connectivity index (χ3n) is 3.77. The van der Waals surface area contributed by atoms with Crippen molar-refractivity contribution in [1.29, 1.82) is 5.26 Å². The second-order valence-corrected chi connectivity index (χ2v) is 5.08. The van der Waals surface area contributed by atoms with Crippen LogP contribution in [0.1, 0.15) is 38.5 Å². The van der Waals surface area contributed by atoms with E-state index in [2.05, 4.69) is 11.4 Å². The molecule has 1 amide bonds. The summed E-state index contributed by atoms with van der Waals surface area (Å²) < 4.78 is 0. The van der Waals surface area contributed by atoms with Crippen molar-refractivity contribution in [3.8, 4) is 6.07 Å². The number of hydrogen-bond donors (Lipinski definition) is 2. The van der Waals surface area contributed by atoms with Crippen LogP contribution in [-0.4, -0.2) is 23.7 Å². The summed E-state index contributed by atoms with van der Waals surface area (Å²) in [6, 6.07) is 2.09. The van der Waals surface area contributed by atoms with Gasteiger partial charge in [-0.15, -0.1) is 0 Å². The summed E-state index contributed by atoms with van der Waals surface area (Å²) in [7, 11) is 0. The highest BCUT2D eigenvalue weighted by molar-refractivity contribution is 5.88. The van der Waals surface area contributed by atoms with E-state index < -0.39 is 5.41 Å². The number of nitriles is 1. The van der Waals surface area contributed by atoms with Crippen molar-refractivity contribution in [3.05, 3.63) is 0 Å². The highest BCUT2D eigenvalue weighted by atomic mass is 16.3. The summed E-state index contributed by atoms with van der Waals surface area (Å²) in [6.45, 7) is 0.662. The maximum Gasteiger partial charge on any atom is 0.240 e. The van der Waals surface area contributed by atoms with Gasteiger partial charge in [0.2, 0.25) is 5.91 Å². The Morgan fingerprint density at radius 3 is 2.50 bits per heavy atom. The molecule has 0 aliphatic heterocycles. The Morgan fingerprint density at radius 1 is 1.38 bits per heavy atom. The number of amides is 1. The topological polar surface area (TPSA) is 73.1 Å². The fourth-order valence-corrected chi connectivity index (χ4v) is 2.27. The third-order valence-corrected chi connectivity index (χ3v) is 3.77. The third kappa shape index (κ3) is 2.35. The average molecular weight is 222 g/mol. The van der Waals surface area contributed by atoms with Crippen molar-refractivity contribution in [2.45, 2.75) is 44.6 Å². The summed E-state index contributed by atoms with van der Waals surface area (Å²) in [5.74, 6) is 0.378. The number of aliphatic hydroxyl groups is 1. The lowest BCUT2D eigenvalue weighted by Crippen LogP contribution is -2.36. The van der Waals surface area contributed by atoms with Gasteiger partial charge in [0, 0.05) is 6.54 Å². The lowest BCUT2D eigenvalue weighted by molar-refractivity contribution is -0.124. The van der Waals surface area contributed by atoms with Crippen LogP contribution in [0.15, 0.2) is 0 Å². The molecule has 16 heavy (non-hydrogen) atoms. The van der Waals surface area contributed by atoms with Crippen LogP contribution in [0.5, 0.6) is 0 Å². The molecule has 0 unspecified atom stereocenters. The van der Waals surface area contributed by atoms with Crippen molar-refractivity contribution in [2.24, 2.45) is 11.3 Å². The molecule has 0 heterocycles. The largest absolute Gasteiger partial charge is 0.393 e. The molecule has 0 spiro atoms. The summed E-state index contributed by atoms with van der Waals surface area (Å²) in [6.07, 6.45) is 4.88. The normalized spacial score (nSPS) is 31.5. The predicted octanol–water partition coefficient (Wildman–Crippen LogP) is 0.957. The van der Waals surface area contributed by atoms with E-state index in [4.69, 9.17) is 5.26 Å². The van der Waals surface area contributed by atoms with E-state index in [9.17, 15) is 9.90 Å². The average Bonchev–Trinajstić information content (AvgIpc) is 3.09. The molecule has 0 aromatic carbocycles. The number of rotatable bonds is 3. The van der Waals surface area contributed by atoms with E-state index in [1.807, 2.05) is 0 Å². The van der Waals surface area contributed by atoms with Crippen molar-refractivity contribution in [3.63, 3.8) is 0 Å². The van der Waals surface area contributed by atoms with Crippen molar-refractivity contribution >= 4 is 5.91 Å². The van der Waals surface area contributed by atoms with Crippen LogP contribution in [0.2, 0.25) is 0 Å². The molecule has 2 aliphatic carbocycles. The summed E-state index contributed by atoms with van der Waals surface area (Å²) >= 11 is 0. The van der Waals surface area contributed by atoms with Crippen LogP contribution in [0.3, 0.4) is 0 Å². The first-order valence-electron chi connectivity index (χ1n) is 6.04. The Morgan fingerprint density at radius 2 is 2.00 bits per heavy atom. The van der Waals surface area contributed by atoms with Gasteiger partial charge in [0.05, 0.1) is 12.2 Å². The molecular weight excluding hydrogens is 204 g/mol. The van der Waals surface area contributed by atoms with E-state index in [0.717, 1.165) is 25.7 Å². The Kier molecular flexibility index (Phi) is 3.15. The number of aliphatic hydroxyl groups excluding tert-OH is 1. The van der Waals surface area contributed by atoms with Gasteiger partial charge in [0.15, 0.2) is 0 Å². The monoisotopic (exact) mass is 222 g/mol. The molecule has 88 valence electrons. The number of carbonyl (C=O) groups is 1. The van der Waals surface area contributed by atoms with Crippen LogP contribution >= 0.6 is 0 Å². The Labute approximate surface area is 95.6 Å². The van der Waals surface area contributed by atoms with E-state index in [1.165, 1.54) is 0 Å². The molecule has 0 aromatic rings. The smallest absolute Gasteiger partial charge is 0.240 e. The molecule has 2 rings (SSSR count). The number of nitrogens with one attached hydrogen (secondary N) is 1. The molecule has 2 N–H and O–H groups in total. The van der Waals surface area contributed by atoms with Crippen molar-refractivity contribution in [1.82, 2.24) is 5.32 Å². The quantitative estimate of drug-likeness (QED) is 0.747. The molecule has 0 radical (unpaired) electrons. The van der Waals surface area contributed by atoms with Crippen molar-refractivity contribution in [2.75, 3.05) is 6.54 Å². The second-order valence-electron chi connectivity index (χ2n) is 5.08. The van der Waals surface area contributed by atoms with Crippen LogP contribution in [-0.2, 0) is 4.79 Å². The van der Waals surface area contributed by atoms with Gasteiger partial charge >= 0.3 is 0 Å². The highest BCUT2D eigenvalue weighted by Crippen LogP contribution is 2.45. The van der Waals surface area contributed by atoms with Gasteiger partial charge in [-0.1, -0.05) is 0 Å². The predicted molar refractivity (Wildman–Crippen MR) is 58.3 cm³/mol. The van der Waals surface area contributed by atoms with Gasteiger partial charge in [0.1, 0.15) is 5.41 Å². The molecule has 2 saturated carbocycles. The zero-order valence-electron chi connectivity index (χ0n) is 9.41. The van der Waals surface area contributed by atoms with E-state index in [0.29, 0.717) is 25.3 Å². The fraction of sp³-hybridized carbons (Fsp3) is 0.833. The summed E-state index contributed by atoms with van der Waals surface area (Å²) in [5, 5.41) is 21.1. The lowest BCUT2D eigenvalue weighted by atomic mass is 9.87. The van der Waals surface area contributed by atoms with Gasteiger partial charge in [-0.25, -0.2) is 0 Å². The summed E-state index contributed by atoms with van der Waals surface area (Å²) in [5.41, 5.74) is -0.700. The fourth-order valence-electron chi connectivity index (χ4n) is 2.27. The molecule has 0 bridgehead atoms. The SMILES string of the molecule is N#CC1(C(=O)NCC2CCC(O)CC2)CC1. The van der Waals surface area contributed by atoms with Crippen LogP contribution in [0.25, 0.3) is 0 Å².